The lowest BCUT2D eigenvalue weighted by atomic mass is 10.1. The topological polar surface area (TPSA) is 85.2 Å². The number of hydrogen-bond acceptors (Lipinski definition) is 7. The van der Waals surface area contributed by atoms with Crippen molar-refractivity contribution >= 4 is 11.5 Å². The summed E-state index contributed by atoms with van der Waals surface area (Å²) in [6.45, 7) is 4.92. The summed E-state index contributed by atoms with van der Waals surface area (Å²) in [6.07, 6.45) is 0.221. The third kappa shape index (κ3) is 4.90. The van der Waals surface area contributed by atoms with E-state index < -0.39 is 4.92 Å². The van der Waals surface area contributed by atoms with E-state index in [2.05, 4.69) is 15.9 Å². The highest BCUT2D eigenvalue weighted by molar-refractivity contribution is 5.83. The van der Waals surface area contributed by atoms with E-state index in [0.717, 1.165) is 44.2 Å². The number of ether oxygens (including phenoxy) is 2. The van der Waals surface area contributed by atoms with Gasteiger partial charge in [-0.05, 0) is 23.3 Å². The number of carbonyl (C=O) groups is 1. The lowest BCUT2D eigenvalue weighted by Gasteiger charge is -2.34. The van der Waals surface area contributed by atoms with Crippen LogP contribution in [-0.2, 0) is 17.8 Å². The molecule has 0 aliphatic carbocycles. The smallest absolute Gasteiger partial charge is 0.269 e. The number of nitro groups is 1. The first-order valence-electron chi connectivity index (χ1n) is 9.65. The van der Waals surface area contributed by atoms with Crippen LogP contribution in [0, 0.1) is 10.1 Å². The SMILES string of the molecule is O=C(Cc1cccc([N+](=O)[O-])c1)CN1CCN(Cc2ccc3c(c2)OCO3)CC1. The minimum Gasteiger partial charge on any atom is -0.454 e. The molecule has 1 saturated heterocycles. The maximum atomic E-state index is 12.4. The van der Waals surface area contributed by atoms with Crippen molar-refractivity contribution < 1.29 is 19.2 Å². The first-order valence-corrected chi connectivity index (χ1v) is 9.65. The van der Waals surface area contributed by atoms with Gasteiger partial charge in [-0.1, -0.05) is 18.2 Å². The van der Waals surface area contributed by atoms with Gasteiger partial charge in [-0.3, -0.25) is 24.7 Å². The van der Waals surface area contributed by atoms with E-state index in [1.54, 1.807) is 12.1 Å². The van der Waals surface area contributed by atoms with Crippen LogP contribution in [-0.4, -0.2) is 60.0 Å². The molecule has 0 radical (unpaired) electrons. The summed E-state index contributed by atoms with van der Waals surface area (Å²) in [5.41, 5.74) is 1.89. The normalized spacial score (nSPS) is 16.7. The number of Topliss-reactive ketones (excluding diaryl/α,β-unsaturated/α-hetero) is 1. The van der Waals surface area contributed by atoms with Gasteiger partial charge in [-0.2, -0.15) is 0 Å². The van der Waals surface area contributed by atoms with E-state index in [1.807, 2.05) is 12.1 Å². The number of hydrogen-bond donors (Lipinski definition) is 0. The second-order valence-corrected chi connectivity index (χ2v) is 7.38. The highest BCUT2D eigenvalue weighted by atomic mass is 16.7. The van der Waals surface area contributed by atoms with Crippen molar-refractivity contribution in [1.29, 1.82) is 0 Å². The molecule has 0 amide bonds. The Bertz CT molecular complexity index is 909. The Kier molecular flexibility index (Phi) is 5.73. The fourth-order valence-corrected chi connectivity index (χ4v) is 3.72. The number of non-ortho nitro benzene ring substituents is 1. The number of rotatable bonds is 7. The summed E-state index contributed by atoms with van der Waals surface area (Å²) < 4.78 is 10.8. The third-order valence-corrected chi connectivity index (χ3v) is 5.23. The second-order valence-electron chi connectivity index (χ2n) is 7.38. The molecule has 2 aliphatic heterocycles. The Morgan fingerprint density at radius 2 is 1.72 bits per heavy atom. The molecular weight excluding hydrogens is 374 g/mol. The van der Waals surface area contributed by atoms with Gasteiger partial charge in [0, 0.05) is 51.3 Å². The number of benzene rings is 2. The van der Waals surface area contributed by atoms with Gasteiger partial charge in [0.25, 0.3) is 5.69 Å². The lowest BCUT2D eigenvalue weighted by molar-refractivity contribution is -0.384. The molecule has 0 atom stereocenters. The second kappa shape index (κ2) is 8.59. The number of piperazine rings is 1. The van der Waals surface area contributed by atoms with Gasteiger partial charge in [-0.25, -0.2) is 0 Å². The number of carbonyl (C=O) groups excluding carboxylic acids is 1. The first kappa shape index (κ1) is 19.4. The van der Waals surface area contributed by atoms with Crippen LogP contribution in [0.4, 0.5) is 5.69 Å². The number of nitro benzene ring substituents is 1. The standard InChI is InChI=1S/C21H23N3O5/c25-19(11-16-2-1-3-18(10-16)24(26)27)14-23-8-6-22(7-9-23)13-17-4-5-20-21(12-17)29-15-28-20/h1-5,10,12H,6-9,11,13-15H2. The number of fused-ring (bicyclic) bond motifs is 1. The Labute approximate surface area is 168 Å². The van der Waals surface area contributed by atoms with Crippen molar-refractivity contribution in [3.8, 4) is 11.5 Å². The maximum absolute atomic E-state index is 12.4. The molecular formula is C21H23N3O5. The van der Waals surface area contributed by atoms with Crippen LogP contribution in [0.15, 0.2) is 42.5 Å². The van der Waals surface area contributed by atoms with Gasteiger partial charge >= 0.3 is 0 Å². The van der Waals surface area contributed by atoms with Crippen LogP contribution in [0.5, 0.6) is 11.5 Å². The molecule has 2 heterocycles. The summed E-state index contributed by atoms with van der Waals surface area (Å²) in [4.78, 5) is 27.3. The van der Waals surface area contributed by atoms with Gasteiger partial charge in [0.2, 0.25) is 6.79 Å². The van der Waals surface area contributed by atoms with E-state index in [4.69, 9.17) is 9.47 Å². The molecule has 4 rings (SSSR count). The molecule has 8 heteroatoms. The van der Waals surface area contributed by atoms with Gasteiger partial charge in [-0.15, -0.1) is 0 Å². The predicted molar refractivity (Wildman–Crippen MR) is 106 cm³/mol. The van der Waals surface area contributed by atoms with E-state index in [-0.39, 0.29) is 24.7 Å². The van der Waals surface area contributed by atoms with Crippen LogP contribution in [0.3, 0.4) is 0 Å². The van der Waals surface area contributed by atoms with Crippen molar-refractivity contribution in [2.24, 2.45) is 0 Å². The number of ketones is 1. The molecule has 1 fully saturated rings. The first-order chi connectivity index (χ1) is 14.1. The Morgan fingerprint density at radius 3 is 2.52 bits per heavy atom. The van der Waals surface area contributed by atoms with Gasteiger partial charge < -0.3 is 9.47 Å². The average Bonchev–Trinajstić information content (AvgIpc) is 3.17. The minimum atomic E-state index is -0.437. The molecule has 0 bridgehead atoms. The Morgan fingerprint density at radius 1 is 0.966 bits per heavy atom. The quantitative estimate of drug-likeness (QED) is 0.523. The Balaban J connectivity index is 1.24. The van der Waals surface area contributed by atoms with Crippen LogP contribution in [0.2, 0.25) is 0 Å². The Hall–Kier alpha value is -2.97. The van der Waals surface area contributed by atoms with Crippen LogP contribution in [0.1, 0.15) is 11.1 Å². The summed E-state index contributed by atoms with van der Waals surface area (Å²) in [6, 6.07) is 12.3. The molecule has 152 valence electrons. The summed E-state index contributed by atoms with van der Waals surface area (Å²) in [5.74, 6) is 1.67. The zero-order valence-electron chi connectivity index (χ0n) is 16.1. The highest BCUT2D eigenvalue weighted by Gasteiger charge is 2.20. The summed E-state index contributed by atoms with van der Waals surface area (Å²) in [7, 11) is 0. The van der Waals surface area contributed by atoms with Crippen LogP contribution in [0.25, 0.3) is 0 Å². The molecule has 0 N–H and O–H groups in total. The van der Waals surface area contributed by atoms with Crippen molar-refractivity contribution in [2.75, 3.05) is 39.5 Å². The molecule has 0 aromatic heterocycles. The van der Waals surface area contributed by atoms with E-state index >= 15 is 0 Å². The summed E-state index contributed by atoms with van der Waals surface area (Å²) >= 11 is 0. The number of nitrogens with zero attached hydrogens (tertiary/aromatic N) is 3. The molecule has 0 unspecified atom stereocenters. The fraction of sp³-hybridized carbons (Fsp3) is 0.381. The minimum absolute atomic E-state index is 0.0208. The van der Waals surface area contributed by atoms with E-state index in [9.17, 15) is 14.9 Å². The van der Waals surface area contributed by atoms with Gasteiger partial charge in [0.15, 0.2) is 17.3 Å². The molecule has 8 nitrogen and oxygen atoms in total. The predicted octanol–water partition coefficient (Wildman–Crippen LogP) is 2.25. The fourth-order valence-electron chi connectivity index (χ4n) is 3.72. The monoisotopic (exact) mass is 397 g/mol. The zero-order valence-corrected chi connectivity index (χ0v) is 16.1. The van der Waals surface area contributed by atoms with Crippen LogP contribution < -0.4 is 9.47 Å². The highest BCUT2D eigenvalue weighted by Crippen LogP contribution is 2.32. The van der Waals surface area contributed by atoms with Crippen molar-refractivity contribution in [3.63, 3.8) is 0 Å². The van der Waals surface area contributed by atoms with Crippen LogP contribution >= 0.6 is 0 Å². The average molecular weight is 397 g/mol. The van der Waals surface area contributed by atoms with Crippen molar-refractivity contribution in [1.82, 2.24) is 9.80 Å². The van der Waals surface area contributed by atoms with E-state index in [1.165, 1.54) is 17.7 Å². The molecule has 29 heavy (non-hydrogen) atoms. The molecule has 2 aromatic rings. The maximum Gasteiger partial charge on any atom is 0.269 e. The summed E-state index contributed by atoms with van der Waals surface area (Å²) in [5, 5.41) is 10.9. The largest absolute Gasteiger partial charge is 0.454 e. The van der Waals surface area contributed by atoms with Crippen molar-refractivity contribution in [2.45, 2.75) is 13.0 Å². The molecule has 2 aromatic carbocycles. The molecule has 0 spiro atoms. The third-order valence-electron chi connectivity index (χ3n) is 5.23. The molecule has 0 saturated carbocycles. The van der Waals surface area contributed by atoms with Gasteiger partial charge in [0.1, 0.15) is 0 Å². The lowest BCUT2D eigenvalue weighted by Crippen LogP contribution is -2.47. The molecule has 2 aliphatic rings. The zero-order chi connectivity index (χ0) is 20.2. The van der Waals surface area contributed by atoms with Crippen molar-refractivity contribution in [3.05, 3.63) is 63.7 Å². The van der Waals surface area contributed by atoms with Gasteiger partial charge in [0.05, 0.1) is 11.5 Å². The van der Waals surface area contributed by atoms with E-state index in [0.29, 0.717) is 12.1 Å².